The van der Waals surface area contributed by atoms with E-state index in [0.717, 1.165) is 27.9 Å². The second-order valence-corrected chi connectivity index (χ2v) is 17.0. The van der Waals surface area contributed by atoms with Crippen molar-refractivity contribution in [2.24, 2.45) is 0 Å². The first-order valence-electron chi connectivity index (χ1n) is 19.8. The molecule has 0 fully saturated rings. The van der Waals surface area contributed by atoms with Crippen molar-refractivity contribution in [2.75, 3.05) is 0 Å². The minimum Gasteiger partial charge on any atom is -0.456 e. The third kappa shape index (κ3) is 4.75. The van der Waals surface area contributed by atoms with Gasteiger partial charge < -0.3 is 4.42 Å². The molecule has 0 radical (unpaired) electrons. The Balaban J connectivity index is 1.07. The molecule has 0 amide bonds. The molecular weight excluding hydrogens is 709 g/mol. The van der Waals surface area contributed by atoms with Gasteiger partial charge in [-0.05, 0) is 114 Å². The average molecular weight is 745 g/mol. The molecule has 11 aromatic rings. The van der Waals surface area contributed by atoms with E-state index >= 15 is 0 Å². The Morgan fingerprint density at radius 1 is 0.386 bits per heavy atom. The van der Waals surface area contributed by atoms with Crippen molar-refractivity contribution in [1.29, 1.82) is 0 Å². The van der Waals surface area contributed by atoms with Crippen molar-refractivity contribution in [1.82, 2.24) is 0 Å². The Bertz CT molecular complexity index is 3360. The Morgan fingerprint density at radius 3 is 1.77 bits per heavy atom. The quantitative estimate of drug-likeness (QED) is 0.164. The molecule has 0 saturated heterocycles. The first-order chi connectivity index (χ1) is 28.0. The second kappa shape index (κ2) is 12.1. The Kier molecular flexibility index (Phi) is 6.91. The molecule has 268 valence electrons. The number of fused-ring (bicyclic) bond motifs is 9. The van der Waals surface area contributed by atoms with Crippen LogP contribution in [0.4, 0.5) is 0 Å². The van der Waals surface area contributed by atoms with Crippen molar-refractivity contribution in [3.63, 3.8) is 0 Å². The lowest BCUT2D eigenvalue weighted by Gasteiger charge is -2.22. The minimum atomic E-state index is -0.115. The Morgan fingerprint density at radius 2 is 1.00 bits per heavy atom. The predicted octanol–water partition coefficient (Wildman–Crippen LogP) is 16.1. The van der Waals surface area contributed by atoms with E-state index < -0.39 is 0 Å². The molecule has 57 heavy (non-hydrogen) atoms. The van der Waals surface area contributed by atoms with Crippen molar-refractivity contribution < 1.29 is 4.42 Å². The van der Waals surface area contributed by atoms with Gasteiger partial charge in [0, 0.05) is 36.5 Å². The normalized spacial score (nSPS) is 13.2. The van der Waals surface area contributed by atoms with Gasteiger partial charge in [0.1, 0.15) is 11.3 Å². The van der Waals surface area contributed by atoms with E-state index in [2.05, 4.69) is 184 Å². The number of para-hydroxylation sites is 1. The van der Waals surface area contributed by atoms with Crippen LogP contribution in [0.15, 0.2) is 186 Å². The van der Waals surface area contributed by atoms with Gasteiger partial charge in [0.15, 0.2) is 0 Å². The molecule has 0 saturated carbocycles. The van der Waals surface area contributed by atoms with Crippen molar-refractivity contribution >= 4 is 64.0 Å². The fourth-order valence-electron chi connectivity index (χ4n) is 9.85. The van der Waals surface area contributed by atoms with Crippen LogP contribution < -0.4 is 0 Å². The summed E-state index contributed by atoms with van der Waals surface area (Å²) in [5.74, 6) is 0.880. The van der Waals surface area contributed by atoms with Gasteiger partial charge in [-0.25, -0.2) is 0 Å². The zero-order valence-electron chi connectivity index (χ0n) is 31.6. The van der Waals surface area contributed by atoms with Crippen LogP contribution in [0.3, 0.4) is 0 Å². The van der Waals surface area contributed by atoms with E-state index in [1.807, 2.05) is 23.5 Å². The maximum atomic E-state index is 6.49. The molecule has 1 nitrogen and oxygen atoms in total. The lowest BCUT2D eigenvalue weighted by Crippen LogP contribution is -2.14. The minimum absolute atomic E-state index is 0.115. The monoisotopic (exact) mass is 744 g/mol. The number of thiophene rings is 1. The zero-order valence-corrected chi connectivity index (χ0v) is 32.5. The Hall–Kier alpha value is -6.74. The van der Waals surface area contributed by atoms with Gasteiger partial charge in [-0.3, -0.25) is 0 Å². The maximum absolute atomic E-state index is 6.49. The van der Waals surface area contributed by atoms with Gasteiger partial charge in [-0.1, -0.05) is 159 Å². The van der Waals surface area contributed by atoms with Crippen LogP contribution in [-0.2, 0) is 5.41 Å². The molecule has 2 aromatic heterocycles. The number of hydrogen-bond acceptors (Lipinski definition) is 2. The first-order valence-corrected chi connectivity index (χ1v) is 20.6. The van der Waals surface area contributed by atoms with Crippen molar-refractivity contribution in [2.45, 2.75) is 19.3 Å². The maximum Gasteiger partial charge on any atom is 0.136 e. The molecule has 0 atom stereocenters. The number of hydrogen-bond donors (Lipinski definition) is 0. The van der Waals surface area contributed by atoms with Crippen LogP contribution in [0.5, 0.6) is 0 Å². The van der Waals surface area contributed by atoms with Gasteiger partial charge in [0.2, 0.25) is 0 Å². The highest BCUT2D eigenvalue weighted by Crippen LogP contribution is 2.55. The molecule has 0 unspecified atom stereocenters. The third-order valence-electron chi connectivity index (χ3n) is 12.5. The van der Waals surface area contributed by atoms with E-state index in [4.69, 9.17) is 4.42 Å². The summed E-state index contributed by atoms with van der Waals surface area (Å²) < 4.78 is 9.19. The SMILES string of the molecule is CC1(C)c2cc3c(cc2-c2c(-c4cccc(-c5c6ccccc6c(-c6ccccc6-c6cc7ccccc7o6)c6ccccc56)c4)cccc21)sc1ccccc13. The predicted molar refractivity (Wildman–Crippen MR) is 243 cm³/mol. The second-order valence-electron chi connectivity index (χ2n) is 16.0. The van der Waals surface area contributed by atoms with Crippen LogP contribution in [-0.4, -0.2) is 0 Å². The van der Waals surface area contributed by atoms with Gasteiger partial charge >= 0.3 is 0 Å². The van der Waals surface area contributed by atoms with E-state index in [9.17, 15) is 0 Å². The summed E-state index contributed by atoms with van der Waals surface area (Å²) in [6.45, 7) is 4.79. The largest absolute Gasteiger partial charge is 0.456 e. The summed E-state index contributed by atoms with van der Waals surface area (Å²) in [5, 5.41) is 8.74. The molecule has 9 aromatic carbocycles. The first kappa shape index (κ1) is 32.5. The van der Waals surface area contributed by atoms with Crippen molar-refractivity contribution in [3.05, 3.63) is 193 Å². The van der Waals surface area contributed by atoms with Crippen LogP contribution in [0.2, 0.25) is 0 Å². The smallest absolute Gasteiger partial charge is 0.136 e. The molecule has 0 bridgehead atoms. The van der Waals surface area contributed by atoms with Crippen LogP contribution in [0.25, 0.3) is 109 Å². The van der Waals surface area contributed by atoms with Gasteiger partial charge in [-0.2, -0.15) is 0 Å². The number of benzene rings is 9. The third-order valence-corrected chi connectivity index (χ3v) is 13.6. The summed E-state index contributed by atoms with van der Waals surface area (Å²) >= 11 is 1.90. The molecule has 1 aliphatic rings. The molecule has 0 spiro atoms. The molecule has 2 heteroatoms. The van der Waals surface area contributed by atoms with E-state index in [1.165, 1.54) is 91.8 Å². The lowest BCUT2D eigenvalue weighted by molar-refractivity contribution is 0.632. The summed E-state index contributed by atoms with van der Waals surface area (Å²) in [7, 11) is 0. The zero-order chi connectivity index (χ0) is 37.8. The highest BCUT2D eigenvalue weighted by Gasteiger charge is 2.37. The summed E-state index contributed by atoms with van der Waals surface area (Å²) in [6, 6.07) is 67.0. The fraction of sp³-hybridized carbons (Fsp3) is 0.0545. The molecular formula is C55H36OS. The van der Waals surface area contributed by atoms with Gasteiger partial charge in [0.05, 0.1) is 0 Å². The number of furan rings is 1. The Labute approximate surface area is 335 Å². The molecule has 12 rings (SSSR count). The fourth-order valence-corrected chi connectivity index (χ4v) is 11.0. The standard InChI is InChI=1S/C55H36OS/c1-55(2)46-26-14-25-36(54(46)45-32-51-44(31-47(45)55)38-19-10-12-28-50(38)57-51)33-16-13-17-35(29-33)52-40-21-6-8-23-42(40)53(43-24-9-7-22-41(43)52)39-20-5-4-18-37(39)49-30-34-15-3-11-27-48(34)56-49/h3-32H,1-2H3. The highest BCUT2D eigenvalue weighted by molar-refractivity contribution is 7.25. The molecule has 2 heterocycles. The summed E-state index contributed by atoms with van der Waals surface area (Å²) in [5.41, 5.74) is 14.8. The van der Waals surface area contributed by atoms with E-state index in [-0.39, 0.29) is 5.41 Å². The van der Waals surface area contributed by atoms with Gasteiger partial charge in [0.25, 0.3) is 0 Å². The molecule has 1 aliphatic carbocycles. The van der Waals surface area contributed by atoms with E-state index in [1.54, 1.807) is 0 Å². The average Bonchev–Trinajstić information content (AvgIpc) is 3.92. The summed E-state index contributed by atoms with van der Waals surface area (Å²) in [6.07, 6.45) is 0. The topological polar surface area (TPSA) is 13.1 Å². The van der Waals surface area contributed by atoms with E-state index in [0.29, 0.717) is 0 Å². The lowest BCUT2D eigenvalue weighted by atomic mass is 9.81. The molecule has 0 N–H and O–H groups in total. The summed E-state index contributed by atoms with van der Waals surface area (Å²) in [4.78, 5) is 0. The van der Waals surface area contributed by atoms with Crippen molar-refractivity contribution in [3.8, 4) is 55.8 Å². The highest BCUT2D eigenvalue weighted by atomic mass is 32.1. The van der Waals surface area contributed by atoms with Crippen LogP contribution in [0, 0.1) is 0 Å². The van der Waals surface area contributed by atoms with Crippen LogP contribution in [0.1, 0.15) is 25.0 Å². The van der Waals surface area contributed by atoms with Crippen LogP contribution >= 0.6 is 11.3 Å². The number of rotatable bonds is 4. The molecule has 0 aliphatic heterocycles. The van der Waals surface area contributed by atoms with Gasteiger partial charge in [-0.15, -0.1) is 11.3 Å².